The molecule has 0 radical (unpaired) electrons. The topological polar surface area (TPSA) is 41.6 Å². The van der Waals surface area contributed by atoms with Crippen molar-refractivity contribution in [1.29, 1.82) is 0 Å². The van der Waals surface area contributed by atoms with Crippen LogP contribution in [0.5, 0.6) is 0 Å². The molecule has 3 rings (SSSR count). The van der Waals surface area contributed by atoms with Gasteiger partial charge in [-0.15, -0.1) is 0 Å². The molecule has 3 heterocycles. The highest BCUT2D eigenvalue weighted by Gasteiger charge is 2.39. The van der Waals surface area contributed by atoms with E-state index >= 15 is 0 Å². The van der Waals surface area contributed by atoms with Crippen molar-refractivity contribution in [2.75, 3.05) is 26.2 Å². The maximum Gasteiger partial charge on any atom is 0.222 e. The normalized spacial score (nSPS) is 35.8. The summed E-state index contributed by atoms with van der Waals surface area (Å²) in [6.07, 6.45) is 6.70. The van der Waals surface area contributed by atoms with Gasteiger partial charge >= 0.3 is 0 Å². The summed E-state index contributed by atoms with van der Waals surface area (Å²) in [5, 5.41) is 3.40. The molecule has 3 saturated heterocycles. The average Bonchev–Trinajstić information content (AvgIpc) is 2.99. The molecule has 1 unspecified atom stereocenters. The summed E-state index contributed by atoms with van der Waals surface area (Å²) in [7, 11) is 0. The van der Waals surface area contributed by atoms with Gasteiger partial charge in [-0.3, -0.25) is 4.79 Å². The second-order valence-electron chi connectivity index (χ2n) is 5.89. The van der Waals surface area contributed by atoms with Crippen LogP contribution in [0.1, 0.15) is 38.5 Å². The van der Waals surface area contributed by atoms with Crippen molar-refractivity contribution in [3.8, 4) is 0 Å². The number of amides is 1. The highest BCUT2D eigenvalue weighted by Crippen LogP contribution is 2.28. The lowest BCUT2D eigenvalue weighted by Crippen LogP contribution is -2.39. The number of hydrogen-bond donors (Lipinski definition) is 1. The maximum atomic E-state index is 12.3. The fourth-order valence-electron chi connectivity index (χ4n) is 3.62. The number of hydrogen-bond acceptors (Lipinski definition) is 3. The number of rotatable bonds is 3. The Morgan fingerprint density at radius 2 is 2.22 bits per heavy atom. The van der Waals surface area contributed by atoms with Gasteiger partial charge in [0.05, 0.1) is 6.10 Å². The molecule has 0 aromatic heterocycles. The molecule has 0 saturated carbocycles. The van der Waals surface area contributed by atoms with Gasteiger partial charge in [0, 0.05) is 38.7 Å². The molecule has 4 heteroatoms. The van der Waals surface area contributed by atoms with Gasteiger partial charge in [-0.25, -0.2) is 0 Å². The molecule has 18 heavy (non-hydrogen) atoms. The van der Waals surface area contributed by atoms with Crippen LogP contribution >= 0.6 is 0 Å². The minimum absolute atomic E-state index is 0.336. The number of carbonyl (C=O) groups excluding carboxylic acids is 1. The maximum absolute atomic E-state index is 12.3. The minimum atomic E-state index is 0.336. The number of nitrogens with zero attached hydrogens (tertiary/aromatic N) is 1. The van der Waals surface area contributed by atoms with E-state index < -0.39 is 0 Å². The van der Waals surface area contributed by atoms with Crippen LogP contribution in [0.3, 0.4) is 0 Å². The Morgan fingerprint density at radius 3 is 3.06 bits per heavy atom. The minimum Gasteiger partial charge on any atom is -0.378 e. The number of nitrogens with one attached hydrogen (secondary N) is 1. The zero-order valence-electron chi connectivity index (χ0n) is 11.1. The third-order valence-electron chi connectivity index (χ3n) is 4.72. The molecular weight excluding hydrogens is 228 g/mol. The molecule has 4 nitrogen and oxygen atoms in total. The number of fused-ring (bicyclic) bond motifs is 1. The van der Waals surface area contributed by atoms with E-state index in [0.29, 0.717) is 30.4 Å². The van der Waals surface area contributed by atoms with E-state index in [2.05, 4.69) is 10.2 Å². The average molecular weight is 252 g/mol. The summed E-state index contributed by atoms with van der Waals surface area (Å²) in [6.45, 7) is 3.95. The van der Waals surface area contributed by atoms with Gasteiger partial charge in [0.25, 0.3) is 0 Å². The molecule has 0 aliphatic carbocycles. The number of likely N-dealkylation sites (tertiary alicyclic amines) is 1. The third-order valence-corrected chi connectivity index (χ3v) is 4.72. The highest BCUT2D eigenvalue weighted by atomic mass is 16.5. The van der Waals surface area contributed by atoms with Gasteiger partial charge in [0.1, 0.15) is 0 Å². The molecular formula is C14H24N2O2. The first-order valence-electron chi connectivity index (χ1n) is 7.46. The van der Waals surface area contributed by atoms with Crippen LogP contribution in [0.4, 0.5) is 0 Å². The Bertz CT molecular complexity index is 302. The van der Waals surface area contributed by atoms with Crippen molar-refractivity contribution < 1.29 is 9.53 Å². The van der Waals surface area contributed by atoms with Crippen LogP contribution in [-0.4, -0.2) is 49.2 Å². The van der Waals surface area contributed by atoms with Crippen LogP contribution in [0.25, 0.3) is 0 Å². The lowest BCUT2D eigenvalue weighted by molar-refractivity contribution is -0.133. The monoisotopic (exact) mass is 252 g/mol. The summed E-state index contributed by atoms with van der Waals surface area (Å²) in [5.74, 6) is 1.06. The lowest BCUT2D eigenvalue weighted by Gasteiger charge is -2.26. The number of carbonyl (C=O) groups is 1. The van der Waals surface area contributed by atoms with E-state index in [4.69, 9.17) is 4.74 Å². The van der Waals surface area contributed by atoms with E-state index in [9.17, 15) is 4.79 Å². The predicted octanol–water partition coefficient (Wildman–Crippen LogP) is 1.16. The SMILES string of the molecule is O=C(CCC1CCCCO1)N1CC[C@H]2CNC[C@H]21. The summed E-state index contributed by atoms with van der Waals surface area (Å²) in [6, 6.07) is 0.477. The molecule has 1 N–H and O–H groups in total. The van der Waals surface area contributed by atoms with Crippen molar-refractivity contribution >= 4 is 5.91 Å². The number of ether oxygens (including phenoxy) is 1. The summed E-state index contributed by atoms with van der Waals surface area (Å²) < 4.78 is 5.69. The Morgan fingerprint density at radius 1 is 1.28 bits per heavy atom. The van der Waals surface area contributed by atoms with E-state index in [0.717, 1.165) is 39.1 Å². The Kier molecular flexibility index (Phi) is 3.85. The first kappa shape index (κ1) is 12.4. The molecule has 0 spiro atoms. The molecule has 1 amide bonds. The fraction of sp³-hybridized carbons (Fsp3) is 0.929. The van der Waals surface area contributed by atoms with Gasteiger partial charge in [-0.2, -0.15) is 0 Å². The molecule has 102 valence electrons. The first-order chi connectivity index (χ1) is 8.84. The highest BCUT2D eigenvalue weighted by molar-refractivity contribution is 5.77. The zero-order chi connectivity index (χ0) is 12.4. The Labute approximate surface area is 109 Å². The Hall–Kier alpha value is -0.610. The van der Waals surface area contributed by atoms with E-state index in [1.165, 1.54) is 19.3 Å². The zero-order valence-corrected chi connectivity index (χ0v) is 11.1. The van der Waals surface area contributed by atoms with Gasteiger partial charge in [0.2, 0.25) is 5.91 Å². The first-order valence-corrected chi connectivity index (χ1v) is 7.46. The fourth-order valence-corrected chi connectivity index (χ4v) is 3.62. The molecule has 0 aromatic rings. The molecule has 3 aliphatic heterocycles. The molecule has 3 fully saturated rings. The summed E-state index contributed by atoms with van der Waals surface area (Å²) >= 11 is 0. The van der Waals surface area contributed by atoms with E-state index in [1.807, 2.05) is 0 Å². The predicted molar refractivity (Wildman–Crippen MR) is 69.3 cm³/mol. The molecule has 3 aliphatic rings. The van der Waals surface area contributed by atoms with E-state index in [-0.39, 0.29) is 0 Å². The quantitative estimate of drug-likeness (QED) is 0.819. The summed E-state index contributed by atoms with van der Waals surface area (Å²) in [4.78, 5) is 14.4. The van der Waals surface area contributed by atoms with E-state index in [1.54, 1.807) is 0 Å². The Balaban J connectivity index is 1.46. The van der Waals surface area contributed by atoms with Crippen LogP contribution in [0, 0.1) is 5.92 Å². The molecule has 3 atom stereocenters. The smallest absolute Gasteiger partial charge is 0.222 e. The van der Waals surface area contributed by atoms with Gasteiger partial charge < -0.3 is 15.0 Å². The molecule has 0 aromatic carbocycles. The van der Waals surface area contributed by atoms with Crippen molar-refractivity contribution in [1.82, 2.24) is 10.2 Å². The van der Waals surface area contributed by atoms with Crippen molar-refractivity contribution in [3.05, 3.63) is 0 Å². The van der Waals surface area contributed by atoms with Gasteiger partial charge in [0.15, 0.2) is 0 Å². The third kappa shape index (κ3) is 2.54. The van der Waals surface area contributed by atoms with Crippen LogP contribution in [-0.2, 0) is 9.53 Å². The lowest BCUT2D eigenvalue weighted by atomic mass is 10.0. The van der Waals surface area contributed by atoms with Crippen molar-refractivity contribution in [3.63, 3.8) is 0 Å². The second kappa shape index (κ2) is 5.57. The van der Waals surface area contributed by atoms with Crippen LogP contribution in [0.15, 0.2) is 0 Å². The molecule has 0 bridgehead atoms. The van der Waals surface area contributed by atoms with Crippen LogP contribution < -0.4 is 5.32 Å². The standard InChI is InChI=1S/C14H24N2O2/c17-14(5-4-12-3-1-2-8-18-12)16-7-6-11-9-15-10-13(11)16/h11-13,15H,1-10H2/t11-,12?,13+/m0/s1. The second-order valence-corrected chi connectivity index (χ2v) is 5.89. The van der Waals surface area contributed by atoms with Gasteiger partial charge in [-0.1, -0.05) is 0 Å². The van der Waals surface area contributed by atoms with Crippen molar-refractivity contribution in [2.45, 2.75) is 50.7 Å². The summed E-state index contributed by atoms with van der Waals surface area (Å²) in [5.41, 5.74) is 0. The largest absolute Gasteiger partial charge is 0.378 e. The van der Waals surface area contributed by atoms with Crippen molar-refractivity contribution in [2.24, 2.45) is 5.92 Å². The van der Waals surface area contributed by atoms with Crippen LogP contribution in [0.2, 0.25) is 0 Å². The van der Waals surface area contributed by atoms with Gasteiger partial charge in [-0.05, 0) is 38.0 Å².